The summed E-state index contributed by atoms with van der Waals surface area (Å²) in [7, 11) is 0. The highest BCUT2D eigenvalue weighted by Gasteiger charge is 2.28. The number of hydrogen-bond acceptors (Lipinski definition) is 2. The Hall–Kier alpha value is -1.06. The quantitative estimate of drug-likeness (QED) is 0.806. The number of carbonyl (C=O) groups excluding carboxylic acids is 1. The minimum absolute atomic E-state index is 0.0714. The number of halogens is 2. The fourth-order valence-electron chi connectivity index (χ4n) is 1.61. The number of rotatable bonds is 2. The van der Waals surface area contributed by atoms with Gasteiger partial charge in [-0.2, -0.15) is 10.1 Å². The molecule has 1 aromatic carbocycles. The third kappa shape index (κ3) is 2.45. The van der Waals surface area contributed by atoms with Gasteiger partial charge >= 0.3 is 0 Å². The number of benzene rings is 1. The van der Waals surface area contributed by atoms with Crippen LogP contribution in [0.1, 0.15) is 20.3 Å². The molecule has 1 aromatic rings. The topological polar surface area (TPSA) is 32.7 Å². The second-order valence-corrected chi connectivity index (χ2v) is 5.07. The van der Waals surface area contributed by atoms with Crippen LogP contribution < -0.4 is 5.01 Å². The Morgan fingerprint density at radius 3 is 2.65 bits per heavy atom. The van der Waals surface area contributed by atoms with E-state index in [1.54, 1.807) is 18.2 Å². The summed E-state index contributed by atoms with van der Waals surface area (Å²) in [4.78, 5) is 11.9. The maximum atomic E-state index is 11.9. The summed E-state index contributed by atoms with van der Waals surface area (Å²) < 4.78 is 0. The molecule has 0 saturated heterocycles. The zero-order valence-corrected chi connectivity index (χ0v) is 11.1. The van der Waals surface area contributed by atoms with Gasteiger partial charge in [0.15, 0.2) is 0 Å². The minimum atomic E-state index is -0.0714. The first-order valence-electron chi connectivity index (χ1n) is 5.34. The summed E-state index contributed by atoms with van der Waals surface area (Å²) in [5.74, 6) is 0.180. The predicted octanol–water partition coefficient (Wildman–Crippen LogP) is 3.74. The predicted molar refractivity (Wildman–Crippen MR) is 70.8 cm³/mol. The minimum Gasteiger partial charge on any atom is -0.272 e. The van der Waals surface area contributed by atoms with Crippen molar-refractivity contribution in [2.24, 2.45) is 11.0 Å². The molecule has 0 bridgehead atoms. The van der Waals surface area contributed by atoms with Gasteiger partial charge in [-0.3, -0.25) is 4.79 Å². The van der Waals surface area contributed by atoms with E-state index in [9.17, 15) is 4.79 Å². The second kappa shape index (κ2) is 4.67. The van der Waals surface area contributed by atoms with E-state index in [-0.39, 0.29) is 11.8 Å². The Morgan fingerprint density at radius 1 is 1.35 bits per heavy atom. The molecular formula is C12H12Cl2N2O. The summed E-state index contributed by atoms with van der Waals surface area (Å²) >= 11 is 11.9. The average Bonchev–Trinajstić information content (AvgIpc) is 2.64. The van der Waals surface area contributed by atoms with Crippen LogP contribution in [0.3, 0.4) is 0 Å². The number of amides is 1. The number of anilines is 1. The van der Waals surface area contributed by atoms with Crippen LogP contribution in [-0.4, -0.2) is 11.6 Å². The largest absolute Gasteiger partial charge is 0.272 e. The van der Waals surface area contributed by atoms with Gasteiger partial charge in [0, 0.05) is 5.02 Å². The number of hydrogen-bond donors (Lipinski definition) is 0. The Morgan fingerprint density at radius 2 is 2.06 bits per heavy atom. The summed E-state index contributed by atoms with van der Waals surface area (Å²) in [6.45, 7) is 4.02. The SMILES string of the molecule is CC(C)C1=NN(c2cc(Cl)ccc2Cl)C(=O)C1. The van der Waals surface area contributed by atoms with Crippen LogP contribution in [0, 0.1) is 5.92 Å². The van der Waals surface area contributed by atoms with E-state index >= 15 is 0 Å². The lowest BCUT2D eigenvalue weighted by molar-refractivity contribution is -0.116. The van der Waals surface area contributed by atoms with Gasteiger partial charge in [0.2, 0.25) is 0 Å². The van der Waals surface area contributed by atoms with Crippen LogP contribution >= 0.6 is 23.2 Å². The average molecular weight is 271 g/mol. The third-order valence-electron chi connectivity index (χ3n) is 2.60. The van der Waals surface area contributed by atoms with Gasteiger partial charge in [-0.1, -0.05) is 37.0 Å². The van der Waals surface area contributed by atoms with Crippen LogP contribution in [-0.2, 0) is 4.79 Å². The van der Waals surface area contributed by atoms with E-state index in [1.165, 1.54) is 5.01 Å². The molecule has 5 heteroatoms. The van der Waals surface area contributed by atoms with Crippen molar-refractivity contribution in [3.8, 4) is 0 Å². The van der Waals surface area contributed by atoms with Crippen molar-refractivity contribution in [1.82, 2.24) is 0 Å². The van der Waals surface area contributed by atoms with Crippen molar-refractivity contribution in [2.75, 3.05) is 5.01 Å². The summed E-state index contributed by atoms with van der Waals surface area (Å²) in [5.41, 5.74) is 1.41. The number of hydrazone groups is 1. The van der Waals surface area contributed by atoms with Crippen molar-refractivity contribution in [2.45, 2.75) is 20.3 Å². The summed E-state index contributed by atoms with van der Waals surface area (Å²) in [6.07, 6.45) is 0.348. The molecule has 3 nitrogen and oxygen atoms in total. The molecule has 0 aliphatic carbocycles. The van der Waals surface area contributed by atoms with Gasteiger partial charge in [0.25, 0.3) is 5.91 Å². The van der Waals surface area contributed by atoms with Crippen molar-refractivity contribution >= 4 is 40.5 Å². The van der Waals surface area contributed by atoms with E-state index in [0.29, 0.717) is 22.2 Å². The van der Waals surface area contributed by atoms with Crippen LogP contribution in [0.25, 0.3) is 0 Å². The maximum Gasteiger partial charge on any atom is 0.253 e. The molecule has 1 amide bonds. The zero-order valence-electron chi connectivity index (χ0n) is 9.58. The molecule has 2 rings (SSSR count). The van der Waals surface area contributed by atoms with Crippen molar-refractivity contribution in [1.29, 1.82) is 0 Å². The lowest BCUT2D eigenvalue weighted by atomic mass is 10.1. The van der Waals surface area contributed by atoms with E-state index in [0.717, 1.165) is 5.71 Å². The van der Waals surface area contributed by atoms with Gasteiger partial charge in [0.05, 0.1) is 22.8 Å². The zero-order chi connectivity index (χ0) is 12.6. The highest BCUT2D eigenvalue weighted by Crippen LogP contribution is 2.32. The molecule has 0 radical (unpaired) electrons. The fourth-order valence-corrected chi connectivity index (χ4v) is 1.97. The molecule has 17 heavy (non-hydrogen) atoms. The summed E-state index contributed by atoms with van der Waals surface area (Å²) in [6, 6.07) is 4.99. The fraction of sp³-hybridized carbons (Fsp3) is 0.333. The Bertz CT molecular complexity index is 497. The van der Waals surface area contributed by atoms with Gasteiger partial charge < -0.3 is 0 Å². The Kier molecular flexibility index (Phi) is 3.40. The van der Waals surface area contributed by atoms with E-state index in [1.807, 2.05) is 13.8 Å². The van der Waals surface area contributed by atoms with E-state index in [4.69, 9.17) is 23.2 Å². The molecule has 1 heterocycles. The molecule has 0 atom stereocenters. The van der Waals surface area contributed by atoms with Gasteiger partial charge in [-0.25, -0.2) is 0 Å². The molecule has 0 N–H and O–H groups in total. The second-order valence-electron chi connectivity index (χ2n) is 4.22. The van der Waals surface area contributed by atoms with Gasteiger partial charge in [0.1, 0.15) is 0 Å². The van der Waals surface area contributed by atoms with Crippen molar-refractivity contribution in [3.63, 3.8) is 0 Å². The Balaban J connectivity index is 2.40. The highest BCUT2D eigenvalue weighted by atomic mass is 35.5. The van der Waals surface area contributed by atoms with Crippen LogP contribution in [0.4, 0.5) is 5.69 Å². The maximum absolute atomic E-state index is 11.9. The molecule has 0 fully saturated rings. The van der Waals surface area contributed by atoms with Crippen LogP contribution in [0.15, 0.2) is 23.3 Å². The molecule has 1 aliphatic rings. The van der Waals surface area contributed by atoms with E-state index < -0.39 is 0 Å². The number of carbonyl (C=O) groups is 1. The normalized spacial score (nSPS) is 15.7. The van der Waals surface area contributed by atoms with Crippen LogP contribution in [0.5, 0.6) is 0 Å². The van der Waals surface area contributed by atoms with Crippen molar-refractivity contribution < 1.29 is 4.79 Å². The van der Waals surface area contributed by atoms with E-state index in [2.05, 4.69) is 5.10 Å². The molecule has 0 spiro atoms. The van der Waals surface area contributed by atoms with Crippen LogP contribution in [0.2, 0.25) is 10.0 Å². The summed E-state index contributed by atoms with van der Waals surface area (Å²) in [5, 5.41) is 6.64. The molecule has 0 aromatic heterocycles. The monoisotopic (exact) mass is 270 g/mol. The smallest absolute Gasteiger partial charge is 0.253 e. The molecule has 0 unspecified atom stereocenters. The molecular weight excluding hydrogens is 259 g/mol. The first kappa shape index (κ1) is 12.4. The van der Waals surface area contributed by atoms with Gasteiger partial charge in [-0.05, 0) is 24.1 Å². The lowest BCUT2D eigenvalue weighted by Gasteiger charge is -2.13. The first-order valence-corrected chi connectivity index (χ1v) is 6.10. The standard InChI is InChI=1S/C12H12Cl2N2O/c1-7(2)10-6-12(17)16(15-10)11-5-8(13)3-4-9(11)14/h3-5,7H,6H2,1-2H3. The molecule has 90 valence electrons. The number of nitrogens with zero attached hydrogens (tertiary/aromatic N) is 2. The first-order chi connectivity index (χ1) is 7.99. The van der Waals surface area contributed by atoms with Crippen molar-refractivity contribution in [3.05, 3.63) is 28.2 Å². The highest BCUT2D eigenvalue weighted by molar-refractivity contribution is 6.36. The lowest BCUT2D eigenvalue weighted by Crippen LogP contribution is -2.19. The molecule has 1 aliphatic heterocycles. The van der Waals surface area contributed by atoms with Gasteiger partial charge in [-0.15, -0.1) is 0 Å². The third-order valence-corrected chi connectivity index (χ3v) is 3.15. The Labute approximate surface area is 110 Å². The molecule has 0 saturated carbocycles.